The molecule has 2 atom stereocenters. The highest BCUT2D eigenvalue weighted by Crippen LogP contribution is 2.43. The van der Waals surface area contributed by atoms with E-state index in [4.69, 9.17) is 4.74 Å². The number of esters is 1. The van der Waals surface area contributed by atoms with E-state index in [-0.39, 0.29) is 17.7 Å². The summed E-state index contributed by atoms with van der Waals surface area (Å²) in [5, 5.41) is 2.23. The molecule has 1 saturated carbocycles. The Morgan fingerprint density at radius 1 is 1.17 bits per heavy atom. The number of Topliss-reactive ketones (excluding diaryl/α,β-unsaturated/α-hetero) is 1. The van der Waals surface area contributed by atoms with Gasteiger partial charge in [-0.15, -0.1) is 0 Å². The van der Waals surface area contributed by atoms with Crippen LogP contribution < -0.4 is 0 Å². The average molecular weight is 308 g/mol. The maximum atomic E-state index is 12.5. The van der Waals surface area contributed by atoms with Crippen LogP contribution in [0.15, 0.2) is 54.6 Å². The number of carbonyl (C=O) groups excluding carboxylic acids is 2. The minimum atomic E-state index is -0.358. The van der Waals surface area contributed by atoms with Crippen molar-refractivity contribution in [2.24, 2.45) is 11.8 Å². The molecular formula is C20H20O3. The van der Waals surface area contributed by atoms with E-state index in [1.807, 2.05) is 42.5 Å². The summed E-state index contributed by atoms with van der Waals surface area (Å²) in [5.74, 6) is 0.238. The van der Waals surface area contributed by atoms with Gasteiger partial charge in [-0.05, 0) is 42.5 Å². The SMILES string of the molecule is C=C(C)C(=O)OCCC1C[C@@H]1C(=O)c1ccc2ccccc2c1. The van der Waals surface area contributed by atoms with Crippen LogP contribution in [0, 0.1) is 11.8 Å². The zero-order chi connectivity index (χ0) is 16.4. The van der Waals surface area contributed by atoms with E-state index >= 15 is 0 Å². The van der Waals surface area contributed by atoms with Gasteiger partial charge in [-0.25, -0.2) is 4.79 Å². The Hall–Kier alpha value is -2.42. The molecule has 1 aliphatic carbocycles. The van der Waals surface area contributed by atoms with Crippen molar-refractivity contribution in [1.82, 2.24) is 0 Å². The van der Waals surface area contributed by atoms with Crippen LogP contribution >= 0.6 is 0 Å². The maximum Gasteiger partial charge on any atom is 0.333 e. The van der Waals surface area contributed by atoms with Crippen molar-refractivity contribution in [3.63, 3.8) is 0 Å². The molecule has 118 valence electrons. The molecule has 0 aromatic heterocycles. The molecule has 0 bridgehead atoms. The number of carbonyl (C=O) groups is 2. The van der Waals surface area contributed by atoms with Crippen molar-refractivity contribution < 1.29 is 14.3 Å². The molecule has 0 N–H and O–H groups in total. The van der Waals surface area contributed by atoms with E-state index in [0.29, 0.717) is 18.1 Å². The summed E-state index contributed by atoms with van der Waals surface area (Å²) in [7, 11) is 0. The third-order valence-corrected chi connectivity index (χ3v) is 4.36. The molecule has 3 rings (SSSR count). The Balaban J connectivity index is 1.57. The molecule has 2 aromatic rings. The van der Waals surface area contributed by atoms with E-state index in [1.165, 1.54) is 0 Å². The van der Waals surface area contributed by atoms with Crippen LogP contribution in [0.4, 0.5) is 0 Å². The number of ether oxygens (including phenoxy) is 1. The third kappa shape index (κ3) is 3.50. The molecule has 3 heteroatoms. The Morgan fingerprint density at radius 2 is 1.91 bits per heavy atom. The van der Waals surface area contributed by atoms with Crippen LogP contribution in [-0.2, 0) is 9.53 Å². The maximum absolute atomic E-state index is 12.5. The van der Waals surface area contributed by atoms with Crippen LogP contribution in [0.2, 0.25) is 0 Å². The second-order valence-corrected chi connectivity index (χ2v) is 6.23. The fraction of sp³-hybridized carbons (Fsp3) is 0.300. The van der Waals surface area contributed by atoms with E-state index in [1.54, 1.807) is 6.92 Å². The fourth-order valence-corrected chi connectivity index (χ4v) is 2.87. The molecule has 0 radical (unpaired) electrons. The predicted octanol–water partition coefficient (Wildman–Crippen LogP) is 4.17. The van der Waals surface area contributed by atoms with Gasteiger partial charge in [0.25, 0.3) is 0 Å². The molecule has 2 aromatic carbocycles. The first kappa shape index (κ1) is 15.5. The quantitative estimate of drug-likeness (QED) is 0.457. The lowest BCUT2D eigenvalue weighted by molar-refractivity contribution is -0.139. The summed E-state index contributed by atoms with van der Waals surface area (Å²) < 4.78 is 5.10. The second-order valence-electron chi connectivity index (χ2n) is 6.23. The van der Waals surface area contributed by atoms with Crippen LogP contribution in [0.3, 0.4) is 0 Å². The summed E-state index contributed by atoms with van der Waals surface area (Å²) in [5.41, 5.74) is 1.18. The van der Waals surface area contributed by atoms with Gasteiger partial charge in [-0.1, -0.05) is 43.0 Å². The van der Waals surface area contributed by atoms with Crippen molar-refractivity contribution >= 4 is 22.5 Å². The first-order valence-corrected chi connectivity index (χ1v) is 7.92. The van der Waals surface area contributed by atoms with Crippen LogP contribution in [0.1, 0.15) is 30.1 Å². The van der Waals surface area contributed by atoms with E-state index in [0.717, 1.165) is 29.2 Å². The number of benzene rings is 2. The summed E-state index contributed by atoms with van der Waals surface area (Å²) in [6, 6.07) is 13.9. The minimum Gasteiger partial charge on any atom is -0.462 e. The molecule has 1 aliphatic rings. The Bertz CT molecular complexity index is 775. The second kappa shape index (κ2) is 6.37. The summed E-state index contributed by atoms with van der Waals surface area (Å²) in [4.78, 5) is 23.9. The van der Waals surface area contributed by atoms with Gasteiger partial charge in [-0.3, -0.25) is 4.79 Å². The molecular weight excluding hydrogens is 288 g/mol. The van der Waals surface area contributed by atoms with Gasteiger partial charge in [0, 0.05) is 17.1 Å². The summed E-state index contributed by atoms with van der Waals surface area (Å²) in [6.45, 7) is 5.54. The van der Waals surface area contributed by atoms with E-state index in [2.05, 4.69) is 6.58 Å². The molecule has 23 heavy (non-hydrogen) atoms. The Kier molecular flexibility index (Phi) is 4.28. The average Bonchev–Trinajstić information content (AvgIpc) is 3.33. The lowest BCUT2D eigenvalue weighted by Crippen LogP contribution is -2.08. The van der Waals surface area contributed by atoms with Crippen molar-refractivity contribution in [3.8, 4) is 0 Å². The lowest BCUT2D eigenvalue weighted by atomic mass is 10.0. The molecule has 0 heterocycles. The first-order valence-electron chi connectivity index (χ1n) is 7.92. The van der Waals surface area contributed by atoms with Crippen LogP contribution in [-0.4, -0.2) is 18.4 Å². The Morgan fingerprint density at radius 3 is 2.65 bits per heavy atom. The summed E-state index contributed by atoms with van der Waals surface area (Å²) >= 11 is 0. The fourth-order valence-electron chi connectivity index (χ4n) is 2.87. The highest BCUT2D eigenvalue weighted by molar-refractivity contribution is 6.02. The smallest absolute Gasteiger partial charge is 0.333 e. The van der Waals surface area contributed by atoms with E-state index in [9.17, 15) is 9.59 Å². The van der Waals surface area contributed by atoms with Crippen molar-refractivity contribution in [2.45, 2.75) is 19.8 Å². The van der Waals surface area contributed by atoms with Gasteiger partial charge in [0.1, 0.15) is 0 Å². The Labute approximate surface area is 136 Å². The minimum absolute atomic E-state index is 0.0692. The van der Waals surface area contributed by atoms with Crippen molar-refractivity contribution in [2.75, 3.05) is 6.61 Å². The normalized spacial score (nSPS) is 19.3. The molecule has 0 saturated heterocycles. The number of hydrogen-bond donors (Lipinski definition) is 0. The molecule has 0 amide bonds. The predicted molar refractivity (Wildman–Crippen MR) is 90.3 cm³/mol. The number of fused-ring (bicyclic) bond motifs is 1. The highest BCUT2D eigenvalue weighted by atomic mass is 16.5. The van der Waals surface area contributed by atoms with Gasteiger partial charge in [-0.2, -0.15) is 0 Å². The van der Waals surface area contributed by atoms with Crippen molar-refractivity contribution in [3.05, 3.63) is 60.2 Å². The number of rotatable bonds is 6. The lowest BCUT2D eigenvalue weighted by Gasteiger charge is -2.05. The molecule has 3 nitrogen and oxygen atoms in total. The van der Waals surface area contributed by atoms with Crippen LogP contribution in [0.25, 0.3) is 10.8 Å². The van der Waals surface area contributed by atoms with Gasteiger partial charge in [0.2, 0.25) is 0 Å². The molecule has 0 spiro atoms. The van der Waals surface area contributed by atoms with Gasteiger partial charge in [0.15, 0.2) is 5.78 Å². The van der Waals surface area contributed by atoms with Crippen LogP contribution in [0.5, 0.6) is 0 Å². The topological polar surface area (TPSA) is 43.4 Å². The van der Waals surface area contributed by atoms with E-state index < -0.39 is 0 Å². The third-order valence-electron chi connectivity index (χ3n) is 4.36. The standard InChI is InChI=1S/C20H20O3/c1-13(2)20(22)23-10-9-16-12-18(16)19(21)17-8-7-14-5-3-4-6-15(14)11-17/h3-8,11,16,18H,1,9-10,12H2,2H3/t16?,18-/m0/s1. The zero-order valence-corrected chi connectivity index (χ0v) is 13.2. The van der Waals surface area contributed by atoms with Gasteiger partial charge >= 0.3 is 5.97 Å². The first-order chi connectivity index (χ1) is 11.1. The zero-order valence-electron chi connectivity index (χ0n) is 13.2. The largest absolute Gasteiger partial charge is 0.462 e. The van der Waals surface area contributed by atoms with Crippen molar-refractivity contribution in [1.29, 1.82) is 0 Å². The molecule has 0 aliphatic heterocycles. The highest BCUT2D eigenvalue weighted by Gasteiger charge is 2.42. The number of hydrogen-bond acceptors (Lipinski definition) is 3. The van der Waals surface area contributed by atoms with Gasteiger partial charge < -0.3 is 4.74 Å². The van der Waals surface area contributed by atoms with Gasteiger partial charge in [0.05, 0.1) is 6.61 Å². The monoisotopic (exact) mass is 308 g/mol. The molecule has 1 unspecified atom stereocenters. The number of ketones is 1. The summed E-state index contributed by atoms with van der Waals surface area (Å²) in [6.07, 6.45) is 1.62. The molecule has 1 fully saturated rings.